The average Bonchev–Trinajstić information content (AvgIpc) is 2.47. The standard InChI is InChI=1S/C16H19FN4O/c1-21(2)10-13-4-3-11(16(18)22)7-15(13)20-8-12-5-6-19-9-14(12)17/h3-7,9,20H,8,10H2,1-2H3,(H2,18,22). The first-order chi connectivity index (χ1) is 10.5. The molecular weight excluding hydrogens is 283 g/mol. The van der Waals surface area contributed by atoms with Crippen LogP contribution in [0.4, 0.5) is 10.1 Å². The van der Waals surface area contributed by atoms with E-state index in [9.17, 15) is 9.18 Å². The Morgan fingerprint density at radius 2 is 2.09 bits per heavy atom. The summed E-state index contributed by atoms with van der Waals surface area (Å²) in [5, 5.41) is 3.17. The second kappa shape index (κ2) is 7.00. The fourth-order valence-electron chi connectivity index (χ4n) is 2.11. The van der Waals surface area contributed by atoms with Gasteiger partial charge in [-0.2, -0.15) is 0 Å². The van der Waals surface area contributed by atoms with Crippen molar-refractivity contribution in [3.8, 4) is 0 Å². The van der Waals surface area contributed by atoms with Crippen molar-refractivity contribution < 1.29 is 9.18 Å². The molecule has 0 unspecified atom stereocenters. The highest BCUT2D eigenvalue weighted by molar-refractivity contribution is 5.94. The van der Waals surface area contributed by atoms with Gasteiger partial charge in [0.25, 0.3) is 0 Å². The molecule has 0 aliphatic rings. The molecule has 0 aliphatic heterocycles. The quantitative estimate of drug-likeness (QED) is 0.856. The van der Waals surface area contributed by atoms with E-state index in [0.717, 1.165) is 11.3 Å². The number of benzene rings is 1. The van der Waals surface area contributed by atoms with Gasteiger partial charge in [0.05, 0.1) is 6.20 Å². The van der Waals surface area contributed by atoms with Crippen LogP contribution >= 0.6 is 0 Å². The number of aromatic nitrogens is 1. The van der Waals surface area contributed by atoms with Gasteiger partial charge in [-0.3, -0.25) is 9.78 Å². The molecule has 0 aliphatic carbocycles. The third-order valence-electron chi connectivity index (χ3n) is 3.21. The molecule has 0 saturated heterocycles. The maximum absolute atomic E-state index is 13.6. The van der Waals surface area contributed by atoms with Gasteiger partial charge in [-0.05, 0) is 37.9 Å². The Balaban J connectivity index is 2.24. The number of halogens is 1. The number of primary amides is 1. The van der Waals surface area contributed by atoms with Gasteiger partial charge in [-0.25, -0.2) is 4.39 Å². The van der Waals surface area contributed by atoms with E-state index < -0.39 is 5.91 Å². The van der Waals surface area contributed by atoms with Crippen molar-refractivity contribution in [2.24, 2.45) is 5.73 Å². The molecule has 0 atom stereocenters. The van der Waals surface area contributed by atoms with E-state index in [4.69, 9.17) is 5.73 Å². The zero-order chi connectivity index (χ0) is 16.1. The number of pyridine rings is 1. The molecule has 1 aromatic heterocycles. The molecule has 6 heteroatoms. The lowest BCUT2D eigenvalue weighted by Gasteiger charge is -2.16. The van der Waals surface area contributed by atoms with Crippen LogP contribution in [0.5, 0.6) is 0 Å². The third-order valence-corrected chi connectivity index (χ3v) is 3.21. The summed E-state index contributed by atoms with van der Waals surface area (Å²) >= 11 is 0. The van der Waals surface area contributed by atoms with Gasteiger partial charge in [0.1, 0.15) is 5.82 Å². The van der Waals surface area contributed by atoms with Crippen LogP contribution < -0.4 is 11.1 Å². The summed E-state index contributed by atoms with van der Waals surface area (Å²) in [6.45, 7) is 0.997. The first-order valence-corrected chi connectivity index (χ1v) is 6.87. The zero-order valence-corrected chi connectivity index (χ0v) is 12.6. The van der Waals surface area contributed by atoms with E-state index in [-0.39, 0.29) is 5.82 Å². The largest absolute Gasteiger partial charge is 0.381 e. The van der Waals surface area contributed by atoms with E-state index >= 15 is 0 Å². The molecule has 0 spiro atoms. The van der Waals surface area contributed by atoms with Crippen molar-refractivity contribution in [1.29, 1.82) is 0 Å². The van der Waals surface area contributed by atoms with Crippen LogP contribution in [0, 0.1) is 5.82 Å². The predicted octanol–water partition coefficient (Wildman–Crippen LogP) is 1.99. The maximum atomic E-state index is 13.6. The van der Waals surface area contributed by atoms with Gasteiger partial charge in [0.15, 0.2) is 0 Å². The Morgan fingerprint density at radius 1 is 1.32 bits per heavy atom. The first kappa shape index (κ1) is 15.9. The van der Waals surface area contributed by atoms with Gasteiger partial charge < -0.3 is 16.0 Å². The Kier molecular flexibility index (Phi) is 5.06. The van der Waals surface area contributed by atoms with Gasteiger partial charge in [-0.1, -0.05) is 6.07 Å². The summed E-state index contributed by atoms with van der Waals surface area (Å²) in [7, 11) is 3.91. The van der Waals surface area contributed by atoms with Crippen LogP contribution in [-0.2, 0) is 13.1 Å². The van der Waals surface area contributed by atoms with Crippen LogP contribution in [0.2, 0.25) is 0 Å². The monoisotopic (exact) mass is 302 g/mol. The Bertz CT molecular complexity index is 673. The minimum Gasteiger partial charge on any atom is -0.381 e. The van der Waals surface area contributed by atoms with E-state index in [0.29, 0.717) is 24.2 Å². The van der Waals surface area contributed by atoms with Crippen LogP contribution in [0.1, 0.15) is 21.5 Å². The predicted molar refractivity (Wildman–Crippen MR) is 83.9 cm³/mol. The van der Waals surface area contributed by atoms with E-state index in [1.807, 2.05) is 25.1 Å². The summed E-state index contributed by atoms with van der Waals surface area (Å²) in [6.07, 6.45) is 2.72. The molecule has 0 bridgehead atoms. The lowest BCUT2D eigenvalue weighted by Crippen LogP contribution is -2.15. The van der Waals surface area contributed by atoms with Gasteiger partial charge >= 0.3 is 0 Å². The number of nitrogens with one attached hydrogen (secondary N) is 1. The van der Waals surface area contributed by atoms with Gasteiger partial charge in [-0.15, -0.1) is 0 Å². The Morgan fingerprint density at radius 3 is 2.73 bits per heavy atom. The SMILES string of the molecule is CN(C)Cc1ccc(C(N)=O)cc1NCc1ccncc1F. The highest BCUT2D eigenvalue weighted by atomic mass is 19.1. The number of rotatable bonds is 6. The molecule has 0 saturated carbocycles. The number of anilines is 1. The summed E-state index contributed by atoms with van der Waals surface area (Å²) < 4.78 is 13.6. The third kappa shape index (κ3) is 4.02. The molecule has 3 N–H and O–H groups in total. The average molecular weight is 302 g/mol. The zero-order valence-electron chi connectivity index (χ0n) is 12.6. The van der Waals surface area contributed by atoms with Crippen molar-refractivity contribution in [1.82, 2.24) is 9.88 Å². The molecule has 2 aromatic rings. The minimum atomic E-state index is -0.491. The van der Waals surface area contributed by atoms with Crippen LogP contribution in [-0.4, -0.2) is 29.9 Å². The number of nitrogens with zero attached hydrogens (tertiary/aromatic N) is 2. The van der Waals surface area contributed by atoms with Gasteiger partial charge in [0, 0.05) is 36.1 Å². The number of nitrogens with two attached hydrogens (primary N) is 1. The lowest BCUT2D eigenvalue weighted by molar-refractivity contribution is 0.100. The molecular formula is C16H19FN4O. The maximum Gasteiger partial charge on any atom is 0.248 e. The summed E-state index contributed by atoms with van der Waals surface area (Å²) in [4.78, 5) is 17.1. The smallest absolute Gasteiger partial charge is 0.248 e. The van der Waals surface area contributed by atoms with Crippen LogP contribution in [0.15, 0.2) is 36.7 Å². The second-order valence-corrected chi connectivity index (χ2v) is 5.29. The summed E-state index contributed by atoms with van der Waals surface area (Å²) in [5.74, 6) is -0.857. The molecule has 22 heavy (non-hydrogen) atoms. The molecule has 1 heterocycles. The summed E-state index contributed by atoms with van der Waals surface area (Å²) in [5.41, 5.74) is 8.02. The van der Waals surface area contributed by atoms with E-state index in [2.05, 4.69) is 10.3 Å². The van der Waals surface area contributed by atoms with E-state index in [1.54, 1.807) is 24.4 Å². The minimum absolute atomic E-state index is 0.303. The highest BCUT2D eigenvalue weighted by Crippen LogP contribution is 2.20. The van der Waals surface area contributed by atoms with Crippen molar-refractivity contribution >= 4 is 11.6 Å². The topological polar surface area (TPSA) is 71.2 Å². The number of carbonyl (C=O) groups excluding carboxylic acids is 1. The van der Waals surface area contributed by atoms with Crippen molar-refractivity contribution in [2.75, 3.05) is 19.4 Å². The molecule has 5 nitrogen and oxygen atoms in total. The fourth-order valence-corrected chi connectivity index (χ4v) is 2.11. The van der Waals surface area contributed by atoms with Crippen LogP contribution in [0.25, 0.3) is 0 Å². The Labute approximate surface area is 129 Å². The fraction of sp³-hybridized carbons (Fsp3) is 0.250. The molecule has 116 valence electrons. The first-order valence-electron chi connectivity index (χ1n) is 6.87. The van der Waals surface area contributed by atoms with E-state index in [1.165, 1.54) is 6.20 Å². The van der Waals surface area contributed by atoms with Gasteiger partial charge in [0.2, 0.25) is 5.91 Å². The number of hydrogen-bond donors (Lipinski definition) is 2. The highest BCUT2D eigenvalue weighted by Gasteiger charge is 2.09. The lowest BCUT2D eigenvalue weighted by atomic mass is 10.1. The number of carbonyl (C=O) groups is 1. The number of amides is 1. The molecule has 0 radical (unpaired) electrons. The second-order valence-electron chi connectivity index (χ2n) is 5.29. The number of hydrogen-bond acceptors (Lipinski definition) is 4. The summed E-state index contributed by atoms with van der Waals surface area (Å²) in [6, 6.07) is 6.86. The normalized spacial score (nSPS) is 10.7. The molecule has 0 fully saturated rings. The Hall–Kier alpha value is -2.47. The molecule has 1 aromatic carbocycles. The van der Waals surface area contributed by atoms with Crippen molar-refractivity contribution in [2.45, 2.75) is 13.1 Å². The molecule has 1 amide bonds. The van der Waals surface area contributed by atoms with Crippen LogP contribution in [0.3, 0.4) is 0 Å². The van der Waals surface area contributed by atoms with Crippen molar-refractivity contribution in [3.63, 3.8) is 0 Å². The molecule has 2 rings (SSSR count). The van der Waals surface area contributed by atoms with Crippen molar-refractivity contribution in [3.05, 3.63) is 59.2 Å².